The molecule has 3 heterocycles. The summed E-state index contributed by atoms with van der Waals surface area (Å²) in [7, 11) is 1.72. The molecule has 0 bridgehead atoms. The number of anilines is 2. The number of guanidine groups is 1. The number of carbonyl (C=O) groups excluding carboxylic acids is 1. The number of pyridine rings is 1. The molecular formula is C22H27FN6O2. The second kappa shape index (κ2) is 9.63. The van der Waals surface area contributed by atoms with Gasteiger partial charge in [-0.2, -0.15) is 0 Å². The van der Waals surface area contributed by atoms with Crippen molar-refractivity contribution in [2.45, 2.75) is 18.9 Å². The van der Waals surface area contributed by atoms with E-state index in [1.165, 1.54) is 6.07 Å². The molecule has 2 aliphatic rings. The van der Waals surface area contributed by atoms with Gasteiger partial charge in [0, 0.05) is 45.5 Å². The van der Waals surface area contributed by atoms with E-state index >= 15 is 0 Å². The fourth-order valence-electron chi connectivity index (χ4n) is 3.91. The topological polar surface area (TPSA) is 82.1 Å². The molecule has 2 aliphatic heterocycles. The van der Waals surface area contributed by atoms with Crippen LogP contribution in [0.1, 0.15) is 12.8 Å². The van der Waals surface area contributed by atoms with Crippen molar-refractivity contribution >= 4 is 23.4 Å². The smallest absolute Gasteiger partial charge is 0.265 e. The van der Waals surface area contributed by atoms with Crippen LogP contribution in [0.15, 0.2) is 47.6 Å². The summed E-state index contributed by atoms with van der Waals surface area (Å²) in [4.78, 5) is 24.4. The van der Waals surface area contributed by atoms with Crippen LogP contribution in [0, 0.1) is 5.82 Å². The van der Waals surface area contributed by atoms with Crippen LogP contribution in [0.5, 0.6) is 5.75 Å². The minimum absolute atomic E-state index is 0.0333. The maximum Gasteiger partial charge on any atom is 0.265 e. The average Bonchev–Trinajstić information content (AvgIpc) is 3.25. The number of para-hydroxylation sites is 2. The van der Waals surface area contributed by atoms with Gasteiger partial charge in [0.1, 0.15) is 5.75 Å². The number of halogens is 1. The summed E-state index contributed by atoms with van der Waals surface area (Å²) in [5.41, 5.74) is 0.814. The third kappa shape index (κ3) is 4.87. The Hall–Kier alpha value is -3.36. The Labute approximate surface area is 181 Å². The summed E-state index contributed by atoms with van der Waals surface area (Å²) in [6.07, 6.45) is 3.24. The van der Waals surface area contributed by atoms with Gasteiger partial charge in [0.15, 0.2) is 24.2 Å². The number of nitrogens with zero attached hydrogens (tertiary/aromatic N) is 4. The molecule has 31 heavy (non-hydrogen) atoms. The molecule has 9 heteroatoms. The maximum absolute atomic E-state index is 14.0. The quantitative estimate of drug-likeness (QED) is 0.416. The molecule has 0 spiro atoms. The predicted molar refractivity (Wildman–Crippen MR) is 118 cm³/mol. The van der Waals surface area contributed by atoms with Crippen molar-refractivity contribution in [3.8, 4) is 5.75 Å². The number of fused-ring (bicyclic) bond motifs is 1. The molecule has 2 N–H and O–H groups in total. The van der Waals surface area contributed by atoms with Crippen molar-refractivity contribution in [2.24, 2.45) is 4.99 Å². The van der Waals surface area contributed by atoms with Crippen molar-refractivity contribution in [3.05, 3.63) is 48.4 Å². The first-order valence-corrected chi connectivity index (χ1v) is 10.5. The Bertz CT molecular complexity index is 953. The molecule has 1 aromatic carbocycles. The lowest BCUT2D eigenvalue weighted by atomic mass is 10.2. The zero-order valence-corrected chi connectivity index (χ0v) is 17.6. The van der Waals surface area contributed by atoms with Gasteiger partial charge in [-0.3, -0.25) is 9.79 Å². The molecular weight excluding hydrogens is 399 g/mol. The van der Waals surface area contributed by atoms with Gasteiger partial charge in [0.25, 0.3) is 5.91 Å². The summed E-state index contributed by atoms with van der Waals surface area (Å²) in [6.45, 7) is 2.73. The van der Waals surface area contributed by atoms with Crippen molar-refractivity contribution in [3.63, 3.8) is 0 Å². The Morgan fingerprint density at radius 2 is 2.19 bits per heavy atom. The third-order valence-electron chi connectivity index (χ3n) is 5.45. The number of ether oxygens (including phenoxy) is 1. The van der Waals surface area contributed by atoms with Gasteiger partial charge in [0.2, 0.25) is 0 Å². The van der Waals surface area contributed by atoms with E-state index < -0.39 is 0 Å². The number of nitrogens with one attached hydrogen (secondary N) is 2. The Morgan fingerprint density at radius 1 is 1.32 bits per heavy atom. The number of benzene rings is 1. The van der Waals surface area contributed by atoms with E-state index in [1.807, 2.05) is 29.2 Å². The Kier molecular flexibility index (Phi) is 6.49. The first-order chi connectivity index (χ1) is 15.2. The van der Waals surface area contributed by atoms with Gasteiger partial charge in [-0.25, -0.2) is 9.37 Å². The van der Waals surface area contributed by atoms with Crippen molar-refractivity contribution in [2.75, 3.05) is 49.6 Å². The van der Waals surface area contributed by atoms with Gasteiger partial charge in [-0.1, -0.05) is 12.1 Å². The van der Waals surface area contributed by atoms with Crippen LogP contribution in [0.3, 0.4) is 0 Å². The van der Waals surface area contributed by atoms with Gasteiger partial charge in [-0.15, -0.1) is 0 Å². The van der Waals surface area contributed by atoms with Crippen molar-refractivity contribution < 1.29 is 13.9 Å². The zero-order chi connectivity index (χ0) is 21.6. The summed E-state index contributed by atoms with van der Waals surface area (Å²) in [5.74, 6) is 1.49. The SMILES string of the molecule is CN=C(NCCCN1C(=O)COc2ccccc21)NC1CCN(c2ncccc2F)C1. The molecule has 164 valence electrons. The maximum atomic E-state index is 14.0. The fraction of sp³-hybridized carbons (Fsp3) is 0.409. The molecule has 1 unspecified atom stereocenters. The molecule has 0 radical (unpaired) electrons. The standard InChI is InChI=1S/C22H27FN6O2/c1-24-22(27-16-9-13-28(14-16)21-17(23)6-4-10-25-21)26-11-5-12-29-18-7-2-3-8-19(18)31-15-20(29)30/h2-4,6-8,10,16H,5,9,11-15H2,1H3,(H2,24,26,27). The molecule has 1 atom stereocenters. The van der Waals surface area contributed by atoms with Crippen molar-refractivity contribution in [1.82, 2.24) is 15.6 Å². The van der Waals surface area contributed by atoms with Crippen LogP contribution in [0.25, 0.3) is 0 Å². The largest absolute Gasteiger partial charge is 0.482 e. The van der Waals surface area contributed by atoms with Crippen LogP contribution in [0.2, 0.25) is 0 Å². The predicted octanol–water partition coefficient (Wildman–Crippen LogP) is 1.78. The monoisotopic (exact) mass is 426 g/mol. The molecule has 1 amide bonds. The molecule has 1 aromatic heterocycles. The highest BCUT2D eigenvalue weighted by Crippen LogP contribution is 2.31. The van der Waals surface area contributed by atoms with Gasteiger partial charge in [-0.05, 0) is 37.1 Å². The lowest BCUT2D eigenvalue weighted by Gasteiger charge is -2.29. The highest BCUT2D eigenvalue weighted by atomic mass is 19.1. The van der Waals surface area contributed by atoms with E-state index in [2.05, 4.69) is 20.6 Å². The molecule has 1 saturated heterocycles. The van der Waals surface area contributed by atoms with E-state index in [-0.39, 0.29) is 24.4 Å². The minimum atomic E-state index is -0.301. The van der Waals surface area contributed by atoms with Crippen molar-refractivity contribution in [1.29, 1.82) is 0 Å². The lowest BCUT2D eigenvalue weighted by molar-refractivity contribution is -0.121. The first kappa shape index (κ1) is 20.9. The Balaban J connectivity index is 1.24. The summed E-state index contributed by atoms with van der Waals surface area (Å²) < 4.78 is 19.5. The van der Waals surface area contributed by atoms with Crippen LogP contribution in [-0.2, 0) is 4.79 Å². The average molecular weight is 426 g/mol. The molecule has 2 aromatic rings. The first-order valence-electron chi connectivity index (χ1n) is 10.5. The molecule has 8 nitrogen and oxygen atoms in total. The molecule has 0 saturated carbocycles. The van der Waals surface area contributed by atoms with Crippen LogP contribution >= 0.6 is 0 Å². The highest BCUT2D eigenvalue weighted by Gasteiger charge is 2.26. The van der Waals surface area contributed by atoms with Gasteiger partial charge < -0.3 is 25.2 Å². The number of hydrogen-bond donors (Lipinski definition) is 2. The summed E-state index contributed by atoms with van der Waals surface area (Å²) >= 11 is 0. The zero-order valence-electron chi connectivity index (χ0n) is 17.6. The van der Waals surface area contributed by atoms with Gasteiger partial charge in [0.05, 0.1) is 5.69 Å². The van der Waals surface area contributed by atoms with E-state index in [9.17, 15) is 9.18 Å². The second-order valence-electron chi connectivity index (χ2n) is 7.54. The van der Waals surface area contributed by atoms with Crippen LogP contribution in [-0.4, -0.2) is 62.7 Å². The van der Waals surface area contributed by atoms with E-state index in [0.717, 1.165) is 30.8 Å². The van der Waals surface area contributed by atoms with E-state index in [4.69, 9.17) is 4.74 Å². The number of rotatable bonds is 6. The van der Waals surface area contributed by atoms with Crippen LogP contribution in [0.4, 0.5) is 15.9 Å². The lowest BCUT2D eigenvalue weighted by Crippen LogP contribution is -2.46. The highest BCUT2D eigenvalue weighted by molar-refractivity contribution is 5.97. The van der Waals surface area contributed by atoms with E-state index in [1.54, 1.807) is 24.2 Å². The van der Waals surface area contributed by atoms with Gasteiger partial charge >= 0.3 is 0 Å². The molecule has 0 aliphatic carbocycles. The number of aliphatic imine (C=N–C) groups is 1. The fourth-order valence-corrected chi connectivity index (χ4v) is 3.91. The summed E-state index contributed by atoms with van der Waals surface area (Å²) in [6, 6.07) is 10.8. The Morgan fingerprint density at radius 3 is 3.03 bits per heavy atom. The number of carbonyl (C=O) groups is 1. The minimum Gasteiger partial charge on any atom is -0.482 e. The number of hydrogen-bond acceptors (Lipinski definition) is 5. The molecule has 1 fully saturated rings. The molecule has 4 rings (SSSR count). The van der Waals surface area contributed by atoms with E-state index in [0.29, 0.717) is 31.4 Å². The number of amides is 1. The second-order valence-corrected chi connectivity index (χ2v) is 7.54. The third-order valence-corrected chi connectivity index (χ3v) is 5.45. The summed E-state index contributed by atoms with van der Waals surface area (Å²) in [5, 5.41) is 6.70. The van der Waals surface area contributed by atoms with Crippen LogP contribution < -0.4 is 25.2 Å². The normalized spacial score (nSPS) is 18.6. The number of aromatic nitrogens is 1.